The molecule has 0 spiro atoms. The van der Waals surface area contributed by atoms with Crippen molar-refractivity contribution in [2.45, 2.75) is 6.92 Å². The van der Waals surface area contributed by atoms with Gasteiger partial charge in [0, 0.05) is 0 Å². The van der Waals surface area contributed by atoms with Crippen molar-refractivity contribution in [1.29, 1.82) is 5.26 Å². The molecule has 3 rings (SSSR count). The second kappa shape index (κ2) is 11.3. The van der Waals surface area contributed by atoms with E-state index in [1.54, 1.807) is 43.3 Å². The van der Waals surface area contributed by atoms with Gasteiger partial charge in [0.05, 0.1) is 25.0 Å². The Labute approximate surface area is 196 Å². The monoisotopic (exact) mass is 460 g/mol. The van der Waals surface area contributed by atoms with E-state index in [1.165, 1.54) is 43.5 Å². The number of amides is 1. The maximum absolute atomic E-state index is 13.8. The second-order valence-corrected chi connectivity index (χ2v) is 6.86. The summed E-state index contributed by atoms with van der Waals surface area (Å²) in [5.41, 5.74) is 0.495. The number of rotatable bonds is 8. The van der Waals surface area contributed by atoms with E-state index in [2.05, 4.69) is 5.32 Å². The fourth-order valence-corrected chi connectivity index (χ4v) is 2.92. The smallest absolute Gasteiger partial charge is 0.343 e. The van der Waals surface area contributed by atoms with Gasteiger partial charge >= 0.3 is 5.97 Å². The van der Waals surface area contributed by atoms with E-state index in [4.69, 9.17) is 14.2 Å². The van der Waals surface area contributed by atoms with Crippen LogP contribution in [0.4, 0.5) is 10.1 Å². The molecule has 0 atom stereocenters. The number of esters is 1. The molecule has 0 saturated heterocycles. The van der Waals surface area contributed by atoms with Crippen molar-refractivity contribution in [2.75, 3.05) is 19.0 Å². The number of carbonyl (C=O) groups is 2. The van der Waals surface area contributed by atoms with Crippen LogP contribution in [0.5, 0.6) is 17.2 Å². The molecule has 0 aromatic heterocycles. The highest BCUT2D eigenvalue weighted by Gasteiger charge is 2.15. The lowest BCUT2D eigenvalue weighted by Gasteiger charge is -2.12. The normalized spacial score (nSPS) is 10.7. The van der Waals surface area contributed by atoms with Crippen LogP contribution in [-0.4, -0.2) is 25.6 Å². The average molecular weight is 460 g/mol. The van der Waals surface area contributed by atoms with Crippen molar-refractivity contribution in [1.82, 2.24) is 0 Å². The molecule has 0 radical (unpaired) electrons. The Hall–Kier alpha value is -4.64. The minimum absolute atomic E-state index is 0.0375. The summed E-state index contributed by atoms with van der Waals surface area (Å²) in [6.07, 6.45) is 1.33. The van der Waals surface area contributed by atoms with Crippen molar-refractivity contribution < 1.29 is 28.2 Å². The number of ether oxygens (including phenoxy) is 3. The van der Waals surface area contributed by atoms with E-state index in [1.807, 2.05) is 6.07 Å². The maximum Gasteiger partial charge on any atom is 0.343 e. The van der Waals surface area contributed by atoms with E-state index in [-0.39, 0.29) is 22.8 Å². The van der Waals surface area contributed by atoms with Gasteiger partial charge in [0.2, 0.25) is 0 Å². The molecule has 3 aromatic carbocycles. The van der Waals surface area contributed by atoms with E-state index in [0.29, 0.717) is 23.5 Å². The van der Waals surface area contributed by atoms with Crippen LogP contribution in [0.3, 0.4) is 0 Å². The van der Waals surface area contributed by atoms with Crippen molar-refractivity contribution in [3.8, 4) is 23.3 Å². The van der Waals surface area contributed by atoms with Crippen molar-refractivity contribution in [3.63, 3.8) is 0 Å². The Bertz CT molecular complexity index is 1260. The quantitative estimate of drug-likeness (QED) is 0.220. The molecule has 1 amide bonds. The number of nitrogens with zero attached hydrogens (tertiary/aromatic N) is 1. The lowest BCUT2D eigenvalue weighted by molar-refractivity contribution is -0.112. The molecule has 7 nitrogen and oxygen atoms in total. The number of nitriles is 1. The standard InChI is InChI=1S/C26H21FN2O5/c1-3-33-24-15-17(14-19(16-28)25(30)29-22-7-5-4-6-21(22)27)8-13-23(24)34-26(31)18-9-11-20(32-2)12-10-18/h4-15H,3H2,1-2H3,(H,29,30)/b19-14+. The third-order valence-electron chi connectivity index (χ3n) is 4.59. The molecule has 0 bridgehead atoms. The number of methoxy groups -OCH3 is 1. The fraction of sp³-hybridized carbons (Fsp3) is 0.115. The van der Waals surface area contributed by atoms with Gasteiger partial charge in [-0.2, -0.15) is 5.26 Å². The lowest BCUT2D eigenvalue weighted by atomic mass is 10.1. The summed E-state index contributed by atoms with van der Waals surface area (Å²) in [7, 11) is 1.53. The predicted octanol–water partition coefficient (Wildman–Crippen LogP) is 5.00. The molecule has 1 N–H and O–H groups in total. The van der Waals surface area contributed by atoms with Crippen LogP contribution < -0.4 is 19.5 Å². The molecule has 0 heterocycles. The topological polar surface area (TPSA) is 97.6 Å². The van der Waals surface area contributed by atoms with Gasteiger partial charge in [-0.25, -0.2) is 9.18 Å². The largest absolute Gasteiger partial charge is 0.497 e. The molecule has 3 aromatic rings. The number of para-hydroxylation sites is 1. The van der Waals surface area contributed by atoms with Crippen LogP contribution >= 0.6 is 0 Å². The first kappa shape index (κ1) is 24.0. The molecule has 0 saturated carbocycles. The third kappa shape index (κ3) is 5.99. The van der Waals surface area contributed by atoms with Crippen LogP contribution in [-0.2, 0) is 4.79 Å². The molecule has 34 heavy (non-hydrogen) atoms. The summed E-state index contributed by atoms with van der Waals surface area (Å²) in [5, 5.41) is 11.8. The first-order chi connectivity index (χ1) is 16.4. The zero-order valence-corrected chi connectivity index (χ0v) is 18.5. The third-order valence-corrected chi connectivity index (χ3v) is 4.59. The summed E-state index contributed by atoms with van der Waals surface area (Å²) in [5.74, 6) is -0.932. The van der Waals surface area contributed by atoms with Gasteiger partial charge in [-0.1, -0.05) is 18.2 Å². The summed E-state index contributed by atoms with van der Waals surface area (Å²) in [4.78, 5) is 25.0. The molecule has 0 aliphatic rings. The van der Waals surface area contributed by atoms with E-state index >= 15 is 0 Å². The molecule has 0 aliphatic carbocycles. The van der Waals surface area contributed by atoms with Crippen LogP contribution in [0.25, 0.3) is 6.08 Å². The number of anilines is 1. The molecular formula is C26H21FN2O5. The minimum atomic E-state index is -0.763. The van der Waals surface area contributed by atoms with Gasteiger partial charge in [-0.3, -0.25) is 4.79 Å². The van der Waals surface area contributed by atoms with Gasteiger partial charge in [0.25, 0.3) is 5.91 Å². The summed E-state index contributed by atoms with van der Waals surface area (Å²) in [6.45, 7) is 2.05. The zero-order valence-electron chi connectivity index (χ0n) is 18.5. The van der Waals surface area contributed by atoms with Crippen molar-refractivity contribution in [3.05, 3.63) is 89.2 Å². The Balaban J connectivity index is 1.82. The molecule has 172 valence electrons. The van der Waals surface area contributed by atoms with Gasteiger partial charge in [0.15, 0.2) is 11.5 Å². The second-order valence-electron chi connectivity index (χ2n) is 6.86. The number of hydrogen-bond donors (Lipinski definition) is 1. The first-order valence-corrected chi connectivity index (χ1v) is 10.3. The Morgan fingerprint density at radius 2 is 1.79 bits per heavy atom. The van der Waals surface area contributed by atoms with Gasteiger partial charge in [0.1, 0.15) is 23.2 Å². The van der Waals surface area contributed by atoms with Crippen LogP contribution in [0, 0.1) is 17.1 Å². The van der Waals surface area contributed by atoms with Gasteiger partial charge < -0.3 is 19.5 Å². The van der Waals surface area contributed by atoms with Crippen LogP contribution in [0.2, 0.25) is 0 Å². The van der Waals surface area contributed by atoms with E-state index in [9.17, 15) is 19.2 Å². The van der Waals surface area contributed by atoms with Gasteiger partial charge in [-0.05, 0) is 67.1 Å². The number of benzene rings is 3. The van der Waals surface area contributed by atoms with Crippen molar-refractivity contribution >= 4 is 23.6 Å². The Kier molecular flexibility index (Phi) is 7.97. The van der Waals surface area contributed by atoms with E-state index in [0.717, 1.165) is 0 Å². The first-order valence-electron chi connectivity index (χ1n) is 10.3. The highest BCUT2D eigenvalue weighted by molar-refractivity contribution is 6.09. The highest BCUT2D eigenvalue weighted by atomic mass is 19.1. The number of halogens is 1. The summed E-state index contributed by atoms with van der Waals surface area (Å²) >= 11 is 0. The van der Waals surface area contributed by atoms with Crippen molar-refractivity contribution in [2.24, 2.45) is 0 Å². The Morgan fingerprint density at radius 3 is 2.44 bits per heavy atom. The summed E-state index contributed by atoms with van der Waals surface area (Å²) in [6, 6.07) is 18.5. The average Bonchev–Trinajstić information content (AvgIpc) is 2.85. The molecule has 8 heteroatoms. The summed E-state index contributed by atoms with van der Waals surface area (Å²) < 4.78 is 29.9. The fourth-order valence-electron chi connectivity index (χ4n) is 2.92. The lowest BCUT2D eigenvalue weighted by Crippen LogP contribution is -2.14. The predicted molar refractivity (Wildman–Crippen MR) is 124 cm³/mol. The molecule has 0 unspecified atom stereocenters. The molecular weight excluding hydrogens is 439 g/mol. The van der Waals surface area contributed by atoms with Gasteiger partial charge in [-0.15, -0.1) is 0 Å². The maximum atomic E-state index is 13.8. The molecule has 0 fully saturated rings. The zero-order chi connectivity index (χ0) is 24.5. The van der Waals surface area contributed by atoms with Crippen LogP contribution in [0.15, 0.2) is 72.3 Å². The van der Waals surface area contributed by atoms with E-state index < -0.39 is 17.7 Å². The number of carbonyl (C=O) groups excluding carboxylic acids is 2. The highest BCUT2D eigenvalue weighted by Crippen LogP contribution is 2.30. The number of hydrogen-bond acceptors (Lipinski definition) is 6. The minimum Gasteiger partial charge on any atom is -0.497 e. The van der Waals surface area contributed by atoms with Crippen LogP contribution in [0.1, 0.15) is 22.8 Å². The Morgan fingerprint density at radius 1 is 1.06 bits per heavy atom. The SMILES string of the molecule is CCOc1cc(/C=C(\C#N)C(=O)Nc2ccccc2F)ccc1OC(=O)c1ccc(OC)cc1. The molecule has 0 aliphatic heterocycles. The number of nitrogens with one attached hydrogen (secondary N) is 1.